The number of halogens is 1. The molecule has 0 aromatic carbocycles. The van der Waals surface area contributed by atoms with Crippen LogP contribution in [0.15, 0.2) is 18.3 Å². The van der Waals surface area contributed by atoms with Crippen LogP contribution in [-0.4, -0.2) is 40.4 Å². The largest absolute Gasteiger partial charge is 0.389 e. The highest BCUT2D eigenvalue weighted by Gasteiger charge is 2.30. The van der Waals surface area contributed by atoms with E-state index in [1.807, 2.05) is 23.2 Å². The van der Waals surface area contributed by atoms with Crippen LogP contribution in [0.5, 0.6) is 0 Å². The monoisotopic (exact) mass is 224 g/mol. The number of alkyl halides is 1. The number of likely N-dealkylation sites (tertiary alicyclic amines) is 1. The van der Waals surface area contributed by atoms with Crippen molar-refractivity contribution in [2.24, 2.45) is 0 Å². The van der Waals surface area contributed by atoms with E-state index in [9.17, 15) is 9.50 Å². The van der Waals surface area contributed by atoms with Crippen LogP contribution in [-0.2, 0) is 13.0 Å². The first-order valence-electron chi connectivity index (χ1n) is 5.67. The first-order valence-corrected chi connectivity index (χ1v) is 5.67. The highest BCUT2D eigenvalue weighted by molar-refractivity contribution is 5.14. The van der Waals surface area contributed by atoms with Crippen LogP contribution in [0, 0.1) is 0 Å². The van der Waals surface area contributed by atoms with Crippen LogP contribution in [0.2, 0.25) is 0 Å². The number of aryl methyl sites for hydroxylation is 1. The second kappa shape index (κ2) is 4.89. The van der Waals surface area contributed by atoms with E-state index in [0.29, 0.717) is 19.6 Å². The molecule has 2 heterocycles. The number of aliphatic hydroxyl groups excluding tert-OH is 1. The molecule has 0 unspecified atom stereocenters. The SMILES string of the molecule is CCc1ccc(CN2C[C@@H](O)[C@H](F)C2)nc1. The molecule has 2 atom stereocenters. The second-order valence-electron chi connectivity index (χ2n) is 4.29. The maximum atomic E-state index is 13.1. The Labute approximate surface area is 94.9 Å². The minimum absolute atomic E-state index is 0.304. The zero-order valence-corrected chi connectivity index (χ0v) is 9.43. The molecule has 0 bridgehead atoms. The standard InChI is InChI=1S/C12H17FN2O/c1-2-9-3-4-10(14-5-9)6-15-7-11(13)12(16)8-15/h3-5,11-12,16H,2,6-8H2,1H3/t11-,12-/m1/s1. The van der Waals surface area contributed by atoms with Crippen LogP contribution in [0.4, 0.5) is 4.39 Å². The molecule has 1 aliphatic heterocycles. The number of hydrogen-bond acceptors (Lipinski definition) is 3. The summed E-state index contributed by atoms with van der Waals surface area (Å²) >= 11 is 0. The molecule has 1 saturated heterocycles. The molecule has 3 nitrogen and oxygen atoms in total. The minimum atomic E-state index is -1.12. The topological polar surface area (TPSA) is 36.4 Å². The van der Waals surface area contributed by atoms with Crippen LogP contribution >= 0.6 is 0 Å². The quantitative estimate of drug-likeness (QED) is 0.837. The van der Waals surface area contributed by atoms with Gasteiger partial charge in [0.05, 0.1) is 11.8 Å². The molecule has 0 spiro atoms. The van der Waals surface area contributed by atoms with E-state index in [1.165, 1.54) is 5.56 Å². The maximum absolute atomic E-state index is 13.1. The highest BCUT2D eigenvalue weighted by Crippen LogP contribution is 2.15. The van der Waals surface area contributed by atoms with Crippen molar-refractivity contribution in [1.29, 1.82) is 0 Å². The minimum Gasteiger partial charge on any atom is -0.389 e. The Hall–Kier alpha value is -1.00. The van der Waals surface area contributed by atoms with Gasteiger partial charge in [0.2, 0.25) is 0 Å². The summed E-state index contributed by atoms with van der Waals surface area (Å²) in [6.45, 7) is 3.40. The van der Waals surface area contributed by atoms with Crippen molar-refractivity contribution >= 4 is 0 Å². The summed E-state index contributed by atoms with van der Waals surface area (Å²) in [5.41, 5.74) is 2.13. The van der Waals surface area contributed by atoms with Gasteiger partial charge in [-0.15, -0.1) is 0 Å². The molecule has 0 amide bonds. The molecule has 4 heteroatoms. The van der Waals surface area contributed by atoms with Crippen molar-refractivity contribution in [3.05, 3.63) is 29.6 Å². The molecule has 1 aliphatic rings. The Morgan fingerprint density at radius 2 is 2.31 bits per heavy atom. The van der Waals surface area contributed by atoms with Gasteiger partial charge in [0, 0.05) is 25.8 Å². The third-order valence-corrected chi connectivity index (χ3v) is 2.98. The molecule has 2 rings (SSSR count). The first-order chi connectivity index (χ1) is 7.69. The van der Waals surface area contributed by atoms with Gasteiger partial charge in [-0.3, -0.25) is 9.88 Å². The number of pyridine rings is 1. The third-order valence-electron chi connectivity index (χ3n) is 2.98. The predicted octanol–water partition coefficient (Wildman–Crippen LogP) is 1.16. The molecule has 0 saturated carbocycles. The van der Waals surface area contributed by atoms with Crippen LogP contribution < -0.4 is 0 Å². The van der Waals surface area contributed by atoms with E-state index in [-0.39, 0.29) is 0 Å². The lowest BCUT2D eigenvalue weighted by Gasteiger charge is -2.13. The van der Waals surface area contributed by atoms with Crippen molar-refractivity contribution in [1.82, 2.24) is 9.88 Å². The van der Waals surface area contributed by atoms with E-state index in [1.54, 1.807) is 0 Å². The van der Waals surface area contributed by atoms with Gasteiger partial charge in [0.25, 0.3) is 0 Å². The summed E-state index contributed by atoms with van der Waals surface area (Å²) in [6, 6.07) is 4.01. The molecular weight excluding hydrogens is 207 g/mol. The maximum Gasteiger partial charge on any atom is 0.140 e. The molecular formula is C12H17FN2O. The lowest BCUT2D eigenvalue weighted by molar-refractivity contribution is 0.115. The molecule has 0 aliphatic carbocycles. The van der Waals surface area contributed by atoms with Gasteiger partial charge >= 0.3 is 0 Å². The fraction of sp³-hybridized carbons (Fsp3) is 0.583. The van der Waals surface area contributed by atoms with Gasteiger partial charge in [-0.05, 0) is 18.1 Å². The van der Waals surface area contributed by atoms with Gasteiger partial charge < -0.3 is 5.11 Å². The van der Waals surface area contributed by atoms with E-state index in [2.05, 4.69) is 11.9 Å². The Balaban J connectivity index is 1.94. The molecule has 1 N–H and O–H groups in total. The summed E-state index contributed by atoms with van der Waals surface area (Å²) in [5, 5.41) is 9.29. The van der Waals surface area contributed by atoms with Crippen LogP contribution in [0.25, 0.3) is 0 Å². The van der Waals surface area contributed by atoms with Crippen LogP contribution in [0.1, 0.15) is 18.2 Å². The first kappa shape index (κ1) is 11.5. The van der Waals surface area contributed by atoms with E-state index >= 15 is 0 Å². The predicted molar refractivity (Wildman–Crippen MR) is 59.8 cm³/mol. The zero-order valence-electron chi connectivity index (χ0n) is 9.43. The molecule has 88 valence electrons. The molecule has 0 radical (unpaired) electrons. The average Bonchev–Trinajstić information content (AvgIpc) is 2.59. The normalized spacial score (nSPS) is 26.2. The number of nitrogens with zero attached hydrogens (tertiary/aromatic N) is 2. The third kappa shape index (κ3) is 2.57. The summed E-state index contributed by atoms with van der Waals surface area (Å²) < 4.78 is 13.1. The van der Waals surface area contributed by atoms with Gasteiger partial charge in [-0.1, -0.05) is 13.0 Å². The van der Waals surface area contributed by atoms with Gasteiger partial charge in [-0.2, -0.15) is 0 Å². The molecule has 1 aromatic heterocycles. The summed E-state index contributed by atoms with van der Waals surface area (Å²) in [6.07, 6.45) is 0.877. The van der Waals surface area contributed by atoms with Crippen LogP contribution in [0.3, 0.4) is 0 Å². The number of aromatic nitrogens is 1. The number of rotatable bonds is 3. The fourth-order valence-electron chi connectivity index (χ4n) is 1.94. The number of hydrogen-bond donors (Lipinski definition) is 1. The lowest BCUT2D eigenvalue weighted by Crippen LogP contribution is -2.22. The van der Waals surface area contributed by atoms with Gasteiger partial charge in [0.15, 0.2) is 0 Å². The summed E-state index contributed by atoms with van der Waals surface area (Å²) in [7, 11) is 0. The van der Waals surface area contributed by atoms with E-state index < -0.39 is 12.3 Å². The van der Waals surface area contributed by atoms with E-state index in [4.69, 9.17) is 0 Å². The molecule has 1 fully saturated rings. The van der Waals surface area contributed by atoms with E-state index in [0.717, 1.165) is 12.1 Å². The number of aliphatic hydroxyl groups is 1. The van der Waals surface area contributed by atoms with Gasteiger partial charge in [-0.25, -0.2) is 4.39 Å². The average molecular weight is 224 g/mol. The Morgan fingerprint density at radius 3 is 2.81 bits per heavy atom. The number of β-amino-alcohol motifs (C(OH)–C–C–N with tert-alkyl or cyclic N) is 1. The fourth-order valence-corrected chi connectivity index (χ4v) is 1.94. The van der Waals surface area contributed by atoms with Crippen molar-refractivity contribution < 1.29 is 9.50 Å². The van der Waals surface area contributed by atoms with Crippen molar-refractivity contribution in [3.63, 3.8) is 0 Å². The summed E-state index contributed by atoms with van der Waals surface area (Å²) in [4.78, 5) is 6.21. The van der Waals surface area contributed by atoms with Crippen molar-refractivity contribution in [2.75, 3.05) is 13.1 Å². The Morgan fingerprint density at radius 1 is 1.50 bits per heavy atom. The Bertz CT molecular complexity index is 331. The molecule has 1 aromatic rings. The zero-order chi connectivity index (χ0) is 11.5. The second-order valence-corrected chi connectivity index (χ2v) is 4.29. The smallest absolute Gasteiger partial charge is 0.140 e. The Kier molecular flexibility index (Phi) is 3.51. The van der Waals surface area contributed by atoms with Gasteiger partial charge in [0.1, 0.15) is 6.17 Å². The van der Waals surface area contributed by atoms with Crippen molar-refractivity contribution in [3.8, 4) is 0 Å². The van der Waals surface area contributed by atoms with Crippen molar-refractivity contribution in [2.45, 2.75) is 32.2 Å². The highest BCUT2D eigenvalue weighted by atomic mass is 19.1. The summed E-state index contributed by atoms with van der Waals surface area (Å²) in [5.74, 6) is 0. The lowest BCUT2D eigenvalue weighted by atomic mass is 10.2. The molecule has 16 heavy (non-hydrogen) atoms.